The molecule has 0 radical (unpaired) electrons. The maximum Gasteiger partial charge on any atom is 0.257 e. The van der Waals surface area contributed by atoms with E-state index in [1.165, 1.54) is 0 Å². The van der Waals surface area contributed by atoms with E-state index in [0.29, 0.717) is 56.5 Å². The number of likely N-dealkylation sites (tertiary alicyclic amines) is 2. The van der Waals surface area contributed by atoms with Crippen molar-refractivity contribution in [2.75, 3.05) is 26.2 Å². The molecule has 1 spiro atoms. The van der Waals surface area contributed by atoms with Gasteiger partial charge in [0.1, 0.15) is 0 Å². The Kier molecular flexibility index (Phi) is 6.02. The number of nitrogens with zero attached hydrogens (tertiary/aromatic N) is 7. The third-order valence-electron chi connectivity index (χ3n) is 9.02. The summed E-state index contributed by atoms with van der Waals surface area (Å²) in [6.45, 7) is 7.04. The number of aromatic nitrogens is 5. The van der Waals surface area contributed by atoms with E-state index in [1.54, 1.807) is 29.5 Å². The molecule has 210 valence electrons. The molecule has 0 bridgehead atoms. The second-order valence-corrected chi connectivity index (χ2v) is 12.5. The third kappa shape index (κ3) is 4.81. The highest BCUT2D eigenvalue weighted by molar-refractivity contribution is 5.94. The summed E-state index contributed by atoms with van der Waals surface area (Å²) in [5.41, 5.74) is 2.46. The first kappa shape index (κ1) is 25.6. The fourth-order valence-electron chi connectivity index (χ4n) is 6.43. The summed E-state index contributed by atoms with van der Waals surface area (Å²) in [7, 11) is 0. The average molecular weight is 552 g/mol. The van der Waals surface area contributed by atoms with Gasteiger partial charge in [0, 0.05) is 56.1 Å². The van der Waals surface area contributed by atoms with Gasteiger partial charge < -0.3 is 14.2 Å². The maximum atomic E-state index is 13.7. The molecular weight excluding hydrogens is 518 g/mol. The normalized spacial score (nSPS) is 22.1. The zero-order chi connectivity index (χ0) is 28.2. The highest BCUT2D eigenvalue weighted by Gasteiger charge is 2.61. The van der Waals surface area contributed by atoms with Crippen molar-refractivity contribution < 1.29 is 14.0 Å². The molecule has 0 N–H and O–H groups in total. The van der Waals surface area contributed by atoms with Gasteiger partial charge >= 0.3 is 0 Å². The first-order valence-electron chi connectivity index (χ1n) is 14.2. The molecule has 10 heteroatoms. The minimum absolute atomic E-state index is 0.0733. The van der Waals surface area contributed by atoms with E-state index in [0.717, 1.165) is 17.5 Å². The molecule has 3 aromatic heterocycles. The monoisotopic (exact) mass is 551 g/mol. The summed E-state index contributed by atoms with van der Waals surface area (Å²) in [4.78, 5) is 34.7. The summed E-state index contributed by atoms with van der Waals surface area (Å²) >= 11 is 0. The van der Waals surface area contributed by atoms with Crippen LogP contribution in [-0.2, 0) is 17.8 Å². The molecule has 7 rings (SSSR count). The molecule has 1 saturated carbocycles. The van der Waals surface area contributed by atoms with Crippen molar-refractivity contribution >= 4 is 11.8 Å². The van der Waals surface area contributed by atoms with Crippen LogP contribution in [0.15, 0.2) is 71.7 Å². The molecule has 4 aromatic rings. The Labute approximate surface area is 238 Å². The fourth-order valence-corrected chi connectivity index (χ4v) is 6.43. The summed E-state index contributed by atoms with van der Waals surface area (Å²) < 4.78 is 7.98. The van der Waals surface area contributed by atoms with E-state index < -0.39 is 0 Å². The van der Waals surface area contributed by atoms with E-state index in [9.17, 15) is 9.59 Å². The van der Waals surface area contributed by atoms with Crippen molar-refractivity contribution in [3.63, 3.8) is 0 Å². The number of pyridine rings is 1. The van der Waals surface area contributed by atoms with Crippen LogP contribution in [0.25, 0.3) is 0 Å². The summed E-state index contributed by atoms with van der Waals surface area (Å²) in [5, 5.41) is 13.2. The lowest BCUT2D eigenvalue weighted by atomic mass is 9.71. The van der Waals surface area contributed by atoms with Gasteiger partial charge in [0.25, 0.3) is 5.91 Å². The van der Waals surface area contributed by atoms with Gasteiger partial charge in [-0.2, -0.15) is 5.10 Å². The van der Waals surface area contributed by atoms with Crippen LogP contribution in [0, 0.1) is 16.7 Å². The summed E-state index contributed by atoms with van der Waals surface area (Å²) in [6, 6.07) is 13.9. The highest BCUT2D eigenvalue weighted by Crippen LogP contribution is 2.55. The lowest BCUT2D eigenvalue weighted by Gasteiger charge is -2.50. The summed E-state index contributed by atoms with van der Waals surface area (Å²) in [5.74, 6) is 1.14. The van der Waals surface area contributed by atoms with E-state index in [4.69, 9.17) is 4.42 Å². The van der Waals surface area contributed by atoms with Crippen LogP contribution in [0.4, 0.5) is 0 Å². The van der Waals surface area contributed by atoms with Crippen LogP contribution < -0.4 is 0 Å². The number of benzene rings is 1. The SMILES string of the molecule is CC1(C)C[C@@H]1C(=O)N1CC2(CN(C(=O)c3cnn(Cc4ccccc4)c3)CC2c2nnc(Cc3ccncc3)o2)C1. The van der Waals surface area contributed by atoms with Crippen LogP contribution in [0.3, 0.4) is 0 Å². The van der Waals surface area contributed by atoms with Crippen LogP contribution in [0.2, 0.25) is 0 Å². The van der Waals surface area contributed by atoms with Gasteiger partial charge in [-0.15, -0.1) is 10.2 Å². The predicted octanol–water partition coefficient (Wildman–Crippen LogP) is 3.41. The Morgan fingerprint density at radius 3 is 2.44 bits per heavy atom. The van der Waals surface area contributed by atoms with Gasteiger partial charge in [-0.1, -0.05) is 44.2 Å². The molecule has 1 aromatic carbocycles. The lowest BCUT2D eigenvalue weighted by molar-refractivity contribution is -0.146. The van der Waals surface area contributed by atoms with E-state index in [2.05, 4.69) is 34.1 Å². The first-order valence-corrected chi connectivity index (χ1v) is 14.2. The number of carbonyl (C=O) groups excluding carboxylic acids is 2. The Morgan fingerprint density at radius 1 is 0.976 bits per heavy atom. The average Bonchev–Trinajstić information content (AvgIpc) is 3.41. The van der Waals surface area contributed by atoms with Crippen LogP contribution in [-0.4, -0.2) is 72.8 Å². The van der Waals surface area contributed by atoms with Gasteiger partial charge in [0.15, 0.2) is 0 Å². The lowest BCUT2D eigenvalue weighted by Crippen LogP contribution is -2.62. The molecule has 2 aliphatic heterocycles. The number of hydrogen-bond acceptors (Lipinski definition) is 7. The second-order valence-electron chi connectivity index (χ2n) is 12.5. The van der Waals surface area contributed by atoms with Gasteiger partial charge in [0.2, 0.25) is 17.7 Å². The number of rotatable bonds is 7. The minimum atomic E-state index is -0.315. The molecule has 2 amide bonds. The minimum Gasteiger partial charge on any atom is -0.425 e. The largest absolute Gasteiger partial charge is 0.425 e. The van der Waals surface area contributed by atoms with Gasteiger partial charge in [0.05, 0.1) is 30.6 Å². The Bertz CT molecular complexity index is 1570. The molecule has 3 fully saturated rings. The Balaban J connectivity index is 1.10. The third-order valence-corrected chi connectivity index (χ3v) is 9.02. The standard InChI is InChI=1S/C31H33N7O3/c1-30(2)13-24(30)29(40)37-19-31(20-37)18-36(28(39)23-14-33-38(16-23)15-22-6-4-3-5-7-22)17-25(31)27-35-34-26(41-27)12-21-8-10-32-11-9-21/h3-11,14,16,24-25H,12-13,15,17-20H2,1-2H3/t24-,25?/m1/s1. The number of amides is 2. The van der Waals surface area contributed by atoms with Crippen molar-refractivity contribution in [2.24, 2.45) is 16.7 Å². The Morgan fingerprint density at radius 2 is 1.71 bits per heavy atom. The second kappa shape index (κ2) is 9.64. The summed E-state index contributed by atoms with van der Waals surface area (Å²) in [6.07, 6.45) is 8.37. The molecule has 10 nitrogen and oxygen atoms in total. The van der Waals surface area contributed by atoms with Gasteiger partial charge in [-0.25, -0.2) is 0 Å². The molecule has 1 aliphatic carbocycles. The van der Waals surface area contributed by atoms with Crippen molar-refractivity contribution in [1.29, 1.82) is 0 Å². The molecule has 3 aliphatic rings. The maximum absolute atomic E-state index is 13.7. The molecule has 2 atom stereocenters. The topological polar surface area (TPSA) is 110 Å². The van der Waals surface area contributed by atoms with Crippen molar-refractivity contribution in [2.45, 2.75) is 39.2 Å². The van der Waals surface area contributed by atoms with E-state index in [-0.39, 0.29) is 34.5 Å². The number of hydrogen-bond donors (Lipinski definition) is 0. The molecule has 1 unspecified atom stereocenters. The Hall–Kier alpha value is -4.34. The smallest absolute Gasteiger partial charge is 0.257 e. The number of carbonyl (C=O) groups is 2. The molecular formula is C31H33N7O3. The van der Waals surface area contributed by atoms with Crippen LogP contribution >= 0.6 is 0 Å². The fraction of sp³-hybridized carbons (Fsp3) is 0.419. The van der Waals surface area contributed by atoms with E-state index >= 15 is 0 Å². The first-order chi connectivity index (χ1) is 19.8. The van der Waals surface area contributed by atoms with Crippen molar-refractivity contribution in [3.05, 3.63) is 95.7 Å². The van der Waals surface area contributed by atoms with Crippen molar-refractivity contribution in [1.82, 2.24) is 34.8 Å². The van der Waals surface area contributed by atoms with Crippen LogP contribution in [0.1, 0.15) is 59.5 Å². The van der Waals surface area contributed by atoms with Gasteiger partial charge in [-0.05, 0) is 35.1 Å². The van der Waals surface area contributed by atoms with E-state index in [1.807, 2.05) is 52.3 Å². The zero-order valence-electron chi connectivity index (χ0n) is 23.3. The molecule has 41 heavy (non-hydrogen) atoms. The van der Waals surface area contributed by atoms with Gasteiger partial charge in [-0.3, -0.25) is 19.3 Å². The quantitative estimate of drug-likeness (QED) is 0.346. The molecule has 2 saturated heterocycles. The zero-order valence-corrected chi connectivity index (χ0v) is 23.3. The molecule has 5 heterocycles. The predicted molar refractivity (Wildman–Crippen MR) is 149 cm³/mol. The highest BCUT2D eigenvalue weighted by atomic mass is 16.4. The van der Waals surface area contributed by atoms with Crippen molar-refractivity contribution in [3.8, 4) is 0 Å². The van der Waals surface area contributed by atoms with Crippen LogP contribution in [0.5, 0.6) is 0 Å².